The minimum Gasteiger partial charge on any atom is -0.444 e. The predicted molar refractivity (Wildman–Crippen MR) is 184 cm³/mol. The van der Waals surface area contributed by atoms with Crippen molar-refractivity contribution in [1.29, 1.82) is 0 Å². The lowest BCUT2D eigenvalue weighted by Crippen LogP contribution is -2.60. The van der Waals surface area contributed by atoms with Crippen molar-refractivity contribution in [2.24, 2.45) is 0 Å². The Kier molecular flexibility index (Phi) is 9.94. The van der Waals surface area contributed by atoms with Crippen molar-refractivity contribution in [1.82, 2.24) is 34.8 Å². The topological polar surface area (TPSA) is 127 Å². The summed E-state index contributed by atoms with van der Waals surface area (Å²) >= 11 is 12.1. The van der Waals surface area contributed by atoms with E-state index in [0.717, 1.165) is 30.5 Å². The molecule has 4 aromatic rings. The molecule has 1 saturated heterocycles. The van der Waals surface area contributed by atoms with Gasteiger partial charge in [0, 0.05) is 31.4 Å². The molecular weight excluding hydrogens is 674 g/mol. The molecule has 4 heterocycles. The number of hydrogen-bond donors (Lipinski definition) is 1. The maximum Gasteiger partial charge on any atom is 0.410 e. The minimum atomic E-state index is -0.755. The van der Waals surface area contributed by atoms with Gasteiger partial charge >= 0.3 is 6.09 Å². The van der Waals surface area contributed by atoms with E-state index in [2.05, 4.69) is 20.6 Å². The third-order valence-electron chi connectivity index (χ3n) is 8.59. The summed E-state index contributed by atoms with van der Waals surface area (Å²) in [6.07, 6.45) is 5.35. The highest BCUT2D eigenvalue weighted by Crippen LogP contribution is 2.33. The Hall–Kier alpha value is -4.49. The van der Waals surface area contributed by atoms with E-state index in [9.17, 15) is 14.4 Å². The zero-order valence-corrected chi connectivity index (χ0v) is 28.9. The molecule has 2 aliphatic rings. The normalized spacial score (nSPS) is 18.9. The van der Waals surface area contributed by atoms with Crippen LogP contribution in [0, 0.1) is 5.82 Å². The number of ether oxygens (including phenoxy) is 1. The number of rotatable bonds is 3. The molecule has 15 heteroatoms. The Morgan fingerprint density at radius 1 is 1.04 bits per heavy atom. The number of carbonyl (C=O) groups excluding carboxylic acids is 2. The highest BCUT2D eigenvalue weighted by Gasteiger charge is 2.36. The monoisotopic (exact) mass is 710 g/mol. The average Bonchev–Trinajstić information content (AvgIpc) is 3.50. The van der Waals surface area contributed by atoms with Gasteiger partial charge in [-0.05, 0) is 63.4 Å². The van der Waals surface area contributed by atoms with Crippen LogP contribution in [-0.2, 0) is 9.53 Å². The lowest BCUT2D eigenvalue weighted by atomic mass is 9.98. The van der Waals surface area contributed by atoms with Gasteiger partial charge in [0.2, 0.25) is 5.91 Å². The molecule has 0 radical (unpaired) electrons. The fourth-order valence-electron chi connectivity index (χ4n) is 6.27. The second-order valence-corrected chi connectivity index (χ2v) is 13.9. The summed E-state index contributed by atoms with van der Waals surface area (Å²) in [6.45, 7) is 6.87. The molecule has 0 unspecified atom stereocenters. The Balaban J connectivity index is 1.35. The molecule has 1 fully saturated rings. The van der Waals surface area contributed by atoms with Gasteiger partial charge in [-0.25, -0.2) is 18.9 Å². The number of piperazine rings is 1. The van der Waals surface area contributed by atoms with Crippen LogP contribution in [0.15, 0.2) is 59.8 Å². The minimum absolute atomic E-state index is 0.0102. The lowest BCUT2D eigenvalue weighted by molar-refractivity contribution is -0.123. The number of nitrogens with zero attached hydrogens (tertiary/aromatic N) is 7. The SMILES string of the molecule is CC(C)(C)OC(=O)N1CCN2c3cccc(c3)[C@@H](n3cnc(-c4c(-n5cc(Cl)nn5)ccc(Cl)c4F)cc3=O)CCCCCNC(=O)[C@H]2C1. The summed E-state index contributed by atoms with van der Waals surface area (Å²) in [5, 5.41) is 10.7. The number of amides is 2. The number of halogens is 3. The van der Waals surface area contributed by atoms with E-state index in [1.54, 1.807) is 15.5 Å². The van der Waals surface area contributed by atoms with Crippen LogP contribution in [0.4, 0.5) is 14.9 Å². The van der Waals surface area contributed by atoms with Gasteiger partial charge in [0.05, 0.1) is 47.1 Å². The Bertz CT molecular complexity index is 1930. The average molecular weight is 712 g/mol. The summed E-state index contributed by atoms with van der Waals surface area (Å²) in [6, 6.07) is 11.0. The lowest BCUT2D eigenvalue weighted by Gasteiger charge is -2.42. The van der Waals surface area contributed by atoms with Gasteiger partial charge in [-0.1, -0.05) is 53.4 Å². The number of benzene rings is 2. The summed E-state index contributed by atoms with van der Waals surface area (Å²) in [7, 11) is 0. The molecule has 2 aromatic heterocycles. The Labute approximate surface area is 292 Å². The first-order valence-electron chi connectivity index (χ1n) is 16.2. The highest BCUT2D eigenvalue weighted by molar-refractivity contribution is 6.31. The van der Waals surface area contributed by atoms with Crippen LogP contribution in [0.25, 0.3) is 16.9 Å². The molecule has 2 aromatic carbocycles. The van der Waals surface area contributed by atoms with Crippen LogP contribution in [0.2, 0.25) is 10.2 Å². The van der Waals surface area contributed by atoms with E-state index in [-0.39, 0.29) is 45.1 Å². The maximum atomic E-state index is 15.5. The molecule has 2 bridgehead atoms. The van der Waals surface area contributed by atoms with Crippen molar-refractivity contribution in [3.05, 3.63) is 86.9 Å². The van der Waals surface area contributed by atoms with Crippen molar-refractivity contribution < 1.29 is 18.7 Å². The van der Waals surface area contributed by atoms with E-state index in [0.29, 0.717) is 26.1 Å². The number of fused-ring (bicyclic) bond motifs is 4. The van der Waals surface area contributed by atoms with Crippen molar-refractivity contribution >= 4 is 40.9 Å². The van der Waals surface area contributed by atoms with Gasteiger partial charge in [0.25, 0.3) is 5.56 Å². The second-order valence-electron chi connectivity index (χ2n) is 13.1. The molecule has 2 aliphatic heterocycles. The van der Waals surface area contributed by atoms with Crippen molar-refractivity contribution in [3.63, 3.8) is 0 Å². The second kappa shape index (κ2) is 14.2. The number of aromatic nitrogens is 5. The van der Waals surface area contributed by atoms with Crippen LogP contribution >= 0.6 is 23.2 Å². The summed E-state index contributed by atoms with van der Waals surface area (Å²) in [5.41, 5.74) is 0.943. The van der Waals surface area contributed by atoms with E-state index in [1.807, 2.05) is 49.9 Å². The van der Waals surface area contributed by atoms with E-state index < -0.39 is 29.6 Å². The first-order chi connectivity index (χ1) is 23.4. The summed E-state index contributed by atoms with van der Waals surface area (Å²) in [5.74, 6) is -0.916. The number of anilines is 1. The van der Waals surface area contributed by atoms with Crippen molar-refractivity contribution in [2.45, 2.75) is 64.1 Å². The zero-order valence-electron chi connectivity index (χ0n) is 27.4. The van der Waals surface area contributed by atoms with Gasteiger partial charge in [-0.3, -0.25) is 14.2 Å². The Morgan fingerprint density at radius 3 is 2.59 bits per heavy atom. The molecule has 0 saturated carbocycles. The summed E-state index contributed by atoms with van der Waals surface area (Å²) in [4.78, 5) is 48.4. The number of hydrogen-bond acceptors (Lipinski definition) is 8. The van der Waals surface area contributed by atoms with E-state index in [1.165, 1.54) is 29.3 Å². The van der Waals surface area contributed by atoms with Gasteiger partial charge in [0.15, 0.2) is 11.0 Å². The standard InChI is InChI=1S/C34H37Cl2FN8O4/c1-34(2,3)49-33(48)42-14-15-43-22-9-7-8-21(16-22)25(10-5-4-6-13-38-32(47)27(43)18-42)44-20-39-24(17-29(44)46)30-26(12-11-23(35)31(30)37)45-19-28(36)40-41-45/h7-9,11-12,16-17,19-20,25,27H,4-6,10,13-15,18H2,1-3H3,(H,38,47)/t25-,27+/m0/s1. The van der Waals surface area contributed by atoms with Crippen LogP contribution in [-0.4, -0.2) is 79.3 Å². The molecule has 49 heavy (non-hydrogen) atoms. The molecule has 0 spiro atoms. The van der Waals surface area contributed by atoms with E-state index >= 15 is 4.39 Å². The van der Waals surface area contributed by atoms with Crippen LogP contribution in [0.1, 0.15) is 58.1 Å². The van der Waals surface area contributed by atoms with Gasteiger partial charge < -0.3 is 19.9 Å². The Morgan fingerprint density at radius 2 is 1.86 bits per heavy atom. The third-order valence-corrected chi connectivity index (χ3v) is 9.05. The smallest absolute Gasteiger partial charge is 0.410 e. The van der Waals surface area contributed by atoms with Gasteiger partial charge in [0.1, 0.15) is 11.6 Å². The number of nitrogens with one attached hydrogen (secondary N) is 1. The fraction of sp³-hybridized carbons (Fsp3) is 0.412. The van der Waals surface area contributed by atoms with E-state index in [4.69, 9.17) is 27.9 Å². The van der Waals surface area contributed by atoms with Gasteiger partial charge in [-0.15, -0.1) is 5.10 Å². The van der Waals surface area contributed by atoms with Gasteiger partial charge in [-0.2, -0.15) is 0 Å². The van der Waals surface area contributed by atoms with Crippen molar-refractivity contribution in [2.75, 3.05) is 31.1 Å². The first-order valence-corrected chi connectivity index (χ1v) is 16.9. The molecule has 258 valence electrons. The third kappa shape index (κ3) is 7.57. The van der Waals surface area contributed by atoms with Crippen molar-refractivity contribution in [3.8, 4) is 16.9 Å². The molecule has 1 N–H and O–H groups in total. The quantitative estimate of drug-likeness (QED) is 0.289. The molecule has 2 atom stereocenters. The summed E-state index contributed by atoms with van der Waals surface area (Å²) < 4.78 is 24.0. The molecular formula is C34H37Cl2FN8O4. The molecule has 6 rings (SSSR count). The molecule has 12 nitrogen and oxygen atoms in total. The van der Waals surface area contributed by atoms with Crippen LogP contribution < -0.4 is 15.8 Å². The zero-order chi connectivity index (χ0) is 34.9. The first kappa shape index (κ1) is 34.4. The highest BCUT2D eigenvalue weighted by atomic mass is 35.5. The predicted octanol–water partition coefficient (Wildman–Crippen LogP) is 5.64. The molecule has 2 amide bonds. The van der Waals surface area contributed by atoms with Crippen LogP contribution in [0.5, 0.6) is 0 Å². The largest absolute Gasteiger partial charge is 0.444 e. The van der Waals surface area contributed by atoms with Crippen LogP contribution in [0.3, 0.4) is 0 Å². The molecule has 0 aliphatic carbocycles. The maximum absolute atomic E-state index is 15.5. The fourth-order valence-corrected chi connectivity index (χ4v) is 6.56. The number of carbonyl (C=O) groups is 2.